The zero-order valence-electron chi connectivity index (χ0n) is 11.8. The summed E-state index contributed by atoms with van der Waals surface area (Å²) < 4.78 is 0. The standard InChI is InChI=1S/C13H17N3O5/c1-3-4-5-11(13(18)19)15-12(17)10-6-9(16(20)21)7-14-8(10)2/h6-7,11H,3-5H2,1-2H3,(H,15,17)(H,18,19)/t11-/m0/s1. The summed E-state index contributed by atoms with van der Waals surface area (Å²) in [5.41, 5.74) is -0.00383. The maximum Gasteiger partial charge on any atom is 0.326 e. The first kappa shape index (κ1) is 16.5. The van der Waals surface area contributed by atoms with Crippen LogP contribution in [0.2, 0.25) is 0 Å². The van der Waals surface area contributed by atoms with Crippen molar-refractivity contribution in [3.8, 4) is 0 Å². The van der Waals surface area contributed by atoms with Crippen molar-refractivity contribution in [3.63, 3.8) is 0 Å². The molecule has 0 aliphatic carbocycles. The van der Waals surface area contributed by atoms with Crippen LogP contribution in [-0.2, 0) is 4.79 Å². The summed E-state index contributed by atoms with van der Waals surface area (Å²) >= 11 is 0. The van der Waals surface area contributed by atoms with Gasteiger partial charge in [0.2, 0.25) is 0 Å². The van der Waals surface area contributed by atoms with Gasteiger partial charge in [0, 0.05) is 6.07 Å². The molecule has 1 amide bonds. The van der Waals surface area contributed by atoms with Crippen molar-refractivity contribution in [2.45, 2.75) is 39.2 Å². The van der Waals surface area contributed by atoms with Crippen molar-refractivity contribution in [3.05, 3.63) is 33.6 Å². The number of nitrogens with zero attached hydrogens (tertiary/aromatic N) is 2. The van der Waals surface area contributed by atoms with Crippen LogP contribution in [0, 0.1) is 17.0 Å². The molecule has 0 spiro atoms. The second kappa shape index (κ2) is 7.32. The van der Waals surface area contributed by atoms with Crippen molar-refractivity contribution >= 4 is 17.6 Å². The van der Waals surface area contributed by atoms with Gasteiger partial charge in [0.25, 0.3) is 11.6 Å². The average Bonchev–Trinajstić information content (AvgIpc) is 2.42. The smallest absolute Gasteiger partial charge is 0.326 e. The first-order chi connectivity index (χ1) is 9.86. The molecule has 8 nitrogen and oxygen atoms in total. The lowest BCUT2D eigenvalue weighted by Crippen LogP contribution is -2.41. The Hall–Kier alpha value is -2.51. The molecule has 0 saturated heterocycles. The van der Waals surface area contributed by atoms with Crippen LogP contribution in [0.4, 0.5) is 5.69 Å². The Bertz CT molecular complexity index is 559. The molecule has 1 aromatic rings. The summed E-state index contributed by atoms with van der Waals surface area (Å²) in [6.45, 7) is 3.44. The highest BCUT2D eigenvalue weighted by atomic mass is 16.6. The van der Waals surface area contributed by atoms with Gasteiger partial charge in [-0.05, 0) is 13.3 Å². The Morgan fingerprint density at radius 3 is 2.71 bits per heavy atom. The summed E-state index contributed by atoms with van der Waals surface area (Å²) in [6.07, 6.45) is 2.82. The molecule has 1 aromatic heterocycles. The Labute approximate surface area is 121 Å². The van der Waals surface area contributed by atoms with Crippen LogP contribution in [0.25, 0.3) is 0 Å². The minimum absolute atomic E-state index is 0.00643. The van der Waals surface area contributed by atoms with Gasteiger partial charge in [-0.2, -0.15) is 0 Å². The first-order valence-electron chi connectivity index (χ1n) is 6.51. The highest BCUT2D eigenvalue weighted by molar-refractivity contribution is 5.97. The molecule has 0 fully saturated rings. The number of hydrogen-bond acceptors (Lipinski definition) is 5. The third-order valence-electron chi connectivity index (χ3n) is 2.98. The summed E-state index contributed by atoms with van der Waals surface area (Å²) in [5, 5.41) is 22.1. The fourth-order valence-corrected chi connectivity index (χ4v) is 1.75. The van der Waals surface area contributed by atoms with Crippen molar-refractivity contribution in [1.29, 1.82) is 0 Å². The minimum Gasteiger partial charge on any atom is -0.480 e. The molecular formula is C13H17N3O5. The summed E-state index contributed by atoms with van der Waals surface area (Å²) in [5.74, 6) is -1.81. The third kappa shape index (κ3) is 4.51. The van der Waals surface area contributed by atoms with Crippen LogP contribution >= 0.6 is 0 Å². The monoisotopic (exact) mass is 295 g/mol. The van der Waals surface area contributed by atoms with Gasteiger partial charge in [0.1, 0.15) is 12.2 Å². The van der Waals surface area contributed by atoms with Gasteiger partial charge in [-0.3, -0.25) is 19.9 Å². The molecule has 0 aromatic carbocycles. The lowest BCUT2D eigenvalue weighted by Gasteiger charge is -2.14. The van der Waals surface area contributed by atoms with E-state index in [0.29, 0.717) is 18.5 Å². The number of aliphatic carboxylic acids is 1. The molecule has 8 heteroatoms. The summed E-state index contributed by atoms with van der Waals surface area (Å²) in [7, 11) is 0. The Morgan fingerprint density at radius 1 is 1.52 bits per heavy atom. The van der Waals surface area contributed by atoms with E-state index in [1.165, 1.54) is 6.92 Å². The highest BCUT2D eigenvalue weighted by Gasteiger charge is 2.22. The van der Waals surface area contributed by atoms with Crippen LogP contribution in [0.1, 0.15) is 42.2 Å². The number of rotatable bonds is 7. The van der Waals surface area contributed by atoms with Gasteiger partial charge in [-0.25, -0.2) is 4.79 Å². The van der Waals surface area contributed by atoms with Gasteiger partial charge >= 0.3 is 5.97 Å². The maximum absolute atomic E-state index is 12.1. The molecule has 1 rings (SSSR count). The van der Waals surface area contributed by atoms with Crippen molar-refractivity contribution in [2.24, 2.45) is 0 Å². The number of nitrogens with one attached hydrogen (secondary N) is 1. The molecule has 2 N–H and O–H groups in total. The van der Waals surface area contributed by atoms with Crippen LogP contribution < -0.4 is 5.32 Å². The molecule has 0 aliphatic heterocycles. The number of unbranched alkanes of at least 4 members (excludes halogenated alkanes) is 1. The molecule has 0 aliphatic rings. The van der Waals surface area contributed by atoms with Crippen molar-refractivity contribution in [1.82, 2.24) is 10.3 Å². The van der Waals surface area contributed by atoms with E-state index in [1.54, 1.807) is 0 Å². The molecule has 0 radical (unpaired) electrons. The fraction of sp³-hybridized carbons (Fsp3) is 0.462. The zero-order chi connectivity index (χ0) is 16.0. The van der Waals surface area contributed by atoms with E-state index in [0.717, 1.165) is 18.7 Å². The average molecular weight is 295 g/mol. The second-order valence-electron chi connectivity index (χ2n) is 4.59. The molecule has 0 bridgehead atoms. The van der Waals surface area contributed by atoms with Crippen molar-refractivity contribution in [2.75, 3.05) is 0 Å². The van der Waals surface area contributed by atoms with Gasteiger partial charge in [0.05, 0.1) is 16.2 Å². The molecular weight excluding hydrogens is 278 g/mol. The number of carboxylic acids is 1. The molecule has 21 heavy (non-hydrogen) atoms. The largest absolute Gasteiger partial charge is 0.480 e. The van der Waals surface area contributed by atoms with Gasteiger partial charge < -0.3 is 10.4 Å². The fourth-order valence-electron chi connectivity index (χ4n) is 1.75. The molecule has 1 heterocycles. The van der Waals surface area contributed by atoms with E-state index in [2.05, 4.69) is 10.3 Å². The number of carboxylic acid groups (broad SMARTS) is 1. The number of aromatic nitrogens is 1. The topological polar surface area (TPSA) is 122 Å². The maximum atomic E-state index is 12.1. The van der Waals surface area contributed by atoms with E-state index < -0.39 is 22.8 Å². The molecule has 0 unspecified atom stereocenters. The molecule has 114 valence electrons. The van der Waals surface area contributed by atoms with Crippen molar-refractivity contribution < 1.29 is 19.6 Å². The lowest BCUT2D eigenvalue weighted by molar-refractivity contribution is -0.385. The summed E-state index contributed by atoms with van der Waals surface area (Å²) in [4.78, 5) is 37.0. The highest BCUT2D eigenvalue weighted by Crippen LogP contribution is 2.15. The van der Waals surface area contributed by atoms with E-state index in [-0.39, 0.29) is 11.3 Å². The predicted molar refractivity (Wildman–Crippen MR) is 74.0 cm³/mol. The number of carbonyl (C=O) groups is 2. The number of pyridine rings is 1. The Morgan fingerprint density at radius 2 is 2.19 bits per heavy atom. The lowest BCUT2D eigenvalue weighted by atomic mass is 10.1. The minimum atomic E-state index is -1.13. The third-order valence-corrected chi connectivity index (χ3v) is 2.98. The van der Waals surface area contributed by atoms with Gasteiger partial charge in [0.15, 0.2) is 0 Å². The number of hydrogen-bond donors (Lipinski definition) is 2. The Balaban J connectivity index is 2.94. The van der Waals surface area contributed by atoms with Crippen LogP contribution in [0.5, 0.6) is 0 Å². The SMILES string of the molecule is CCCC[C@H](NC(=O)c1cc([N+](=O)[O-])cnc1C)C(=O)O. The van der Waals surface area contributed by atoms with E-state index in [4.69, 9.17) is 5.11 Å². The normalized spacial score (nSPS) is 11.7. The van der Waals surface area contributed by atoms with Crippen LogP contribution in [0.15, 0.2) is 12.3 Å². The summed E-state index contributed by atoms with van der Waals surface area (Å²) in [6, 6.07) is 0.0762. The Kier molecular flexibility index (Phi) is 5.77. The predicted octanol–water partition coefficient (Wildman–Crippen LogP) is 1.67. The second-order valence-corrected chi connectivity index (χ2v) is 4.59. The van der Waals surface area contributed by atoms with Crippen LogP contribution in [-0.4, -0.2) is 32.9 Å². The number of aryl methyl sites for hydroxylation is 1. The van der Waals surface area contributed by atoms with E-state index >= 15 is 0 Å². The number of amides is 1. The molecule has 1 atom stereocenters. The van der Waals surface area contributed by atoms with E-state index in [1.807, 2.05) is 6.92 Å². The van der Waals surface area contributed by atoms with E-state index in [9.17, 15) is 19.7 Å². The quantitative estimate of drug-likeness (QED) is 0.582. The number of carbonyl (C=O) groups excluding carboxylic acids is 1. The van der Waals surface area contributed by atoms with Crippen LogP contribution in [0.3, 0.4) is 0 Å². The molecule has 0 saturated carbocycles. The zero-order valence-corrected chi connectivity index (χ0v) is 11.8. The van der Waals surface area contributed by atoms with Gasteiger partial charge in [-0.1, -0.05) is 19.8 Å². The first-order valence-corrected chi connectivity index (χ1v) is 6.51. The number of nitro groups is 1. The van der Waals surface area contributed by atoms with Gasteiger partial charge in [-0.15, -0.1) is 0 Å².